The molecule has 0 aliphatic heterocycles. The number of methoxy groups -OCH3 is 1. The SMILES string of the molecule is COCCCC(N)C(=O)C1CCc2cccnc21. The van der Waals surface area contributed by atoms with Gasteiger partial charge < -0.3 is 10.5 Å². The molecule has 0 bridgehead atoms. The third kappa shape index (κ3) is 2.76. The van der Waals surface area contributed by atoms with E-state index in [0.717, 1.165) is 25.0 Å². The lowest BCUT2D eigenvalue weighted by Gasteiger charge is -2.15. The Balaban J connectivity index is 1.98. The van der Waals surface area contributed by atoms with E-state index in [1.807, 2.05) is 12.1 Å². The van der Waals surface area contributed by atoms with Gasteiger partial charge in [0.2, 0.25) is 0 Å². The molecule has 1 aliphatic rings. The standard InChI is InChI=1S/C14H20N2O2/c1-18-9-3-5-12(15)14(17)11-7-6-10-4-2-8-16-13(10)11/h2,4,8,11-12H,3,5-7,9,15H2,1H3. The summed E-state index contributed by atoms with van der Waals surface area (Å²) in [6, 6.07) is 3.58. The quantitative estimate of drug-likeness (QED) is 0.773. The number of aryl methyl sites for hydroxylation is 1. The van der Waals surface area contributed by atoms with Gasteiger partial charge in [0, 0.05) is 19.9 Å². The van der Waals surface area contributed by atoms with E-state index in [9.17, 15) is 4.79 Å². The monoisotopic (exact) mass is 248 g/mol. The second-order valence-corrected chi connectivity index (χ2v) is 4.78. The summed E-state index contributed by atoms with van der Waals surface area (Å²) in [5, 5.41) is 0. The number of carbonyl (C=O) groups is 1. The second kappa shape index (κ2) is 6.07. The van der Waals surface area contributed by atoms with Crippen molar-refractivity contribution in [3.63, 3.8) is 0 Å². The highest BCUT2D eigenvalue weighted by Gasteiger charge is 2.32. The summed E-state index contributed by atoms with van der Waals surface area (Å²) in [6.45, 7) is 0.653. The van der Waals surface area contributed by atoms with Gasteiger partial charge in [-0.2, -0.15) is 0 Å². The van der Waals surface area contributed by atoms with E-state index in [1.165, 1.54) is 5.56 Å². The fourth-order valence-electron chi connectivity index (χ4n) is 2.54. The molecular formula is C14H20N2O2. The minimum Gasteiger partial charge on any atom is -0.385 e. The molecule has 1 aromatic rings. The molecule has 0 aromatic carbocycles. The van der Waals surface area contributed by atoms with E-state index in [1.54, 1.807) is 13.3 Å². The number of pyridine rings is 1. The Morgan fingerprint density at radius 3 is 3.28 bits per heavy atom. The highest BCUT2D eigenvalue weighted by molar-refractivity contribution is 5.90. The average molecular weight is 248 g/mol. The van der Waals surface area contributed by atoms with E-state index < -0.39 is 6.04 Å². The van der Waals surface area contributed by atoms with Gasteiger partial charge >= 0.3 is 0 Å². The van der Waals surface area contributed by atoms with Gasteiger partial charge in [0.05, 0.1) is 17.7 Å². The maximum absolute atomic E-state index is 12.3. The number of carbonyl (C=O) groups excluding carboxylic acids is 1. The van der Waals surface area contributed by atoms with Crippen molar-refractivity contribution in [2.75, 3.05) is 13.7 Å². The van der Waals surface area contributed by atoms with E-state index >= 15 is 0 Å². The largest absolute Gasteiger partial charge is 0.385 e. The number of nitrogens with two attached hydrogens (primary N) is 1. The van der Waals surface area contributed by atoms with Crippen molar-refractivity contribution in [2.45, 2.75) is 37.6 Å². The van der Waals surface area contributed by atoms with Crippen LogP contribution in [0.15, 0.2) is 18.3 Å². The smallest absolute Gasteiger partial charge is 0.158 e. The number of rotatable bonds is 6. The molecule has 0 radical (unpaired) electrons. The predicted octanol–water partition coefficient (Wildman–Crippen LogP) is 1.43. The molecule has 1 heterocycles. The van der Waals surface area contributed by atoms with Crippen LogP contribution in [0, 0.1) is 0 Å². The zero-order valence-corrected chi connectivity index (χ0v) is 10.8. The lowest BCUT2D eigenvalue weighted by atomic mass is 9.93. The van der Waals surface area contributed by atoms with Gasteiger partial charge in [0.1, 0.15) is 0 Å². The highest BCUT2D eigenvalue weighted by atomic mass is 16.5. The fourth-order valence-corrected chi connectivity index (χ4v) is 2.54. The summed E-state index contributed by atoms with van der Waals surface area (Å²) in [7, 11) is 1.66. The third-order valence-corrected chi connectivity index (χ3v) is 3.53. The number of aromatic nitrogens is 1. The first-order valence-corrected chi connectivity index (χ1v) is 6.46. The number of hydrogen-bond donors (Lipinski definition) is 1. The van der Waals surface area contributed by atoms with E-state index in [2.05, 4.69) is 4.98 Å². The molecule has 2 rings (SSSR count). The first-order valence-electron chi connectivity index (χ1n) is 6.46. The summed E-state index contributed by atoms with van der Waals surface area (Å²) < 4.78 is 4.97. The van der Waals surface area contributed by atoms with Gasteiger partial charge in [-0.15, -0.1) is 0 Å². The Kier molecular flexibility index (Phi) is 4.44. The molecule has 4 heteroatoms. The minimum absolute atomic E-state index is 0.0984. The Morgan fingerprint density at radius 1 is 1.67 bits per heavy atom. The number of ether oxygens (including phenoxy) is 1. The van der Waals surface area contributed by atoms with Crippen LogP contribution in [-0.2, 0) is 16.0 Å². The van der Waals surface area contributed by atoms with Gasteiger partial charge in [-0.05, 0) is 37.3 Å². The van der Waals surface area contributed by atoms with E-state index in [-0.39, 0.29) is 11.7 Å². The summed E-state index contributed by atoms with van der Waals surface area (Å²) in [5.41, 5.74) is 8.09. The van der Waals surface area contributed by atoms with Crippen molar-refractivity contribution in [2.24, 2.45) is 5.73 Å². The topological polar surface area (TPSA) is 65.2 Å². The molecule has 0 saturated heterocycles. The number of nitrogens with zero attached hydrogens (tertiary/aromatic N) is 1. The van der Waals surface area contributed by atoms with Crippen LogP contribution in [0.4, 0.5) is 0 Å². The first kappa shape index (κ1) is 13.2. The van der Waals surface area contributed by atoms with E-state index in [0.29, 0.717) is 13.0 Å². The Hall–Kier alpha value is -1.26. The zero-order chi connectivity index (χ0) is 13.0. The molecule has 0 spiro atoms. The molecule has 2 atom stereocenters. The van der Waals surface area contributed by atoms with E-state index in [4.69, 9.17) is 10.5 Å². The molecule has 18 heavy (non-hydrogen) atoms. The van der Waals surface area contributed by atoms with Crippen molar-refractivity contribution in [3.8, 4) is 0 Å². The average Bonchev–Trinajstić information content (AvgIpc) is 2.82. The molecule has 1 aliphatic carbocycles. The van der Waals surface area contributed by atoms with Crippen LogP contribution in [0.3, 0.4) is 0 Å². The Labute approximate surface area is 108 Å². The number of Topliss-reactive ketones (excluding diaryl/α,β-unsaturated/α-hetero) is 1. The predicted molar refractivity (Wildman–Crippen MR) is 69.4 cm³/mol. The summed E-state index contributed by atoms with van der Waals surface area (Å²) >= 11 is 0. The van der Waals surface area contributed by atoms with Crippen LogP contribution < -0.4 is 5.73 Å². The van der Waals surface area contributed by atoms with Gasteiger partial charge in [-0.1, -0.05) is 6.07 Å². The van der Waals surface area contributed by atoms with Gasteiger partial charge in [0.25, 0.3) is 0 Å². The second-order valence-electron chi connectivity index (χ2n) is 4.78. The van der Waals surface area contributed by atoms with Crippen LogP contribution in [0.2, 0.25) is 0 Å². The molecule has 2 N–H and O–H groups in total. The van der Waals surface area contributed by atoms with Gasteiger partial charge in [0.15, 0.2) is 5.78 Å². The molecular weight excluding hydrogens is 228 g/mol. The minimum atomic E-state index is -0.391. The maximum Gasteiger partial charge on any atom is 0.158 e. The molecule has 0 fully saturated rings. The van der Waals surface area contributed by atoms with Crippen molar-refractivity contribution in [1.82, 2.24) is 4.98 Å². The van der Waals surface area contributed by atoms with Crippen LogP contribution in [0.5, 0.6) is 0 Å². The molecule has 1 aromatic heterocycles. The van der Waals surface area contributed by atoms with Gasteiger partial charge in [-0.25, -0.2) is 0 Å². The number of hydrogen-bond acceptors (Lipinski definition) is 4. The van der Waals surface area contributed by atoms with Crippen molar-refractivity contribution < 1.29 is 9.53 Å². The number of ketones is 1. The fraction of sp³-hybridized carbons (Fsp3) is 0.571. The summed E-state index contributed by atoms with van der Waals surface area (Å²) in [5.74, 6) is 0.0299. The van der Waals surface area contributed by atoms with Gasteiger partial charge in [-0.3, -0.25) is 9.78 Å². The van der Waals surface area contributed by atoms with Crippen LogP contribution in [0.25, 0.3) is 0 Å². The molecule has 0 amide bonds. The lowest BCUT2D eigenvalue weighted by Crippen LogP contribution is -2.34. The summed E-state index contributed by atoms with van der Waals surface area (Å²) in [4.78, 5) is 16.6. The van der Waals surface area contributed by atoms with Crippen LogP contribution >= 0.6 is 0 Å². The Morgan fingerprint density at radius 2 is 2.50 bits per heavy atom. The van der Waals surface area contributed by atoms with Crippen molar-refractivity contribution in [1.29, 1.82) is 0 Å². The lowest BCUT2D eigenvalue weighted by molar-refractivity contribution is -0.122. The highest BCUT2D eigenvalue weighted by Crippen LogP contribution is 2.32. The Bertz CT molecular complexity index is 420. The zero-order valence-electron chi connectivity index (χ0n) is 10.8. The summed E-state index contributed by atoms with van der Waals surface area (Å²) in [6.07, 6.45) is 5.05. The molecule has 4 nitrogen and oxygen atoms in total. The normalized spacial score (nSPS) is 19.6. The molecule has 0 saturated carbocycles. The molecule has 98 valence electrons. The van der Waals surface area contributed by atoms with Crippen LogP contribution in [-0.4, -0.2) is 30.5 Å². The number of fused-ring (bicyclic) bond motifs is 1. The molecule has 2 unspecified atom stereocenters. The maximum atomic E-state index is 12.3. The third-order valence-electron chi connectivity index (χ3n) is 3.53. The van der Waals surface area contributed by atoms with Crippen molar-refractivity contribution >= 4 is 5.78 Å². The van der Waals surface area contributed by atoms with Crippen LogP contribution in [0.1, 0.15) is 36.4 Å². The first-order chi connectivity index (χ1) is 8.74. The van der Waals surface area contributed by atoms with Crippen molar-refractivity contribution in [3.05, 3.63) is 29.6 Å².